The molecule has 1 aliphatic carbocycles. The summed E-state index contributed by atoms with van der Waals surface area (Å²) >= 11 is 0. The fourth-order valence-corrected chi connectivity index (χ4v) is 1.93. The topological polar surface area (TPSA) is 30.5 Å². The second kappa shape index (κ2) is 7.39. The molecule has 1 aromatic rings. The lowest BCUT2D eigenvalue weighted by Gasteiger charge is -2.12. The van der Waals surface area contributed by atoms with Crippen molar-refractivity contribution in [3.63, 3.8) is 0 Å². The summed E-state index contributed by atoms with van der Waals surface area (Å²) in [6.45, 7) is 3.29. The third-order valence-corrected chi connectivity index (χ3v) is 3.25. The van der Waals surface area contributed by atoms with Crippen molar-refractivity contribution in [1.82, 2.24) is 5.32 Å². The quantitative estimate of drug-likeness (QED) is 0.682. The van der Waals surface area contributed by atoms with Gasteiger partial charge in [-0.05, 0) is 18.4 Å². The van der Waals surface area contributed by atoms with Crippen molar-refractivity contribution in [2.75, 3.05) is 26.9 Å². The van der Waals surface area contributed by atoms with Gasteiger partial charge in [-0.2, -0.15) is 0 Å². The van der Waals surface area contributed by atoms with Crippen LogP contribution in [0.1, 0.15) is 24.8 Å². The molecule has 0 atom stereocenters. The second-order valence-corrected chi connectivity index (χ2v) is 4.86. The third kappa shape index (κ3) is 4.67. The average Bonchev–Trinajstić information content (AvgIpc) is 3.20. The van der Waals surface area contributed by atoms with Crippen LogP contribution in [0.2, 0.25) is 0 Å². The lowest BCUT2D eigenvalue weighted by atomic mass is 10.2. The predicted octanol–water partition coefficient (Wildman–Crippen LogP) is 2.60. The fraction of sp³-hybridized carbons (Fsp3) is 0.600. The second-order valence-electron chi connectivity index (χ2n) is 4.86. The molecular formula is C15H23NO2. The number of nitrogens with one attached hydrogen (secondary N) is 1. The number of benzene rings is 1. The SMILES string of the molecule is COCCNCc1ccccc1OCCC1CC1. The van der Waals surface area contributed by atoms with E-state index in [1.54, 1.807) is 7.11 Å². The molecule has 100 valence electrons. The minimum Gasteiger partial charge on any atom is -0.493 e. The molecule has 1 fully saturated rings. The molecule has 3 heteroatoms. The van der Waals surface area contributed by atoms with Gasteiger partial charge in [-0.25, -0.2) is 0 Å². The molecule has 0 bridgehead atoms. The van der Waals surface area contributed by atoms with Crippen molar-refractivity contribution in [1.29, 1.82) is 0 Å². The Morgan fingerprint density at radius 2 is 2.06 bits per heavy atom. The summed E-state index contributed by atoms with van der Waals surface area (Å²) in [6, 6.07) is 8.26. The Balaban J connectivity index is 1.75. The third-order valence-electron chi connectivity index (χ3n) is 3.25. The van der Waals surface area contributed by atoms with Gasteiger partial charge in [0.2, 0.25) is 0 Å². The summed E-state index contributed by atoms with van der Waals surface area (Å²) in [5.41, 5.74) is 1.23. The van der Waals surface area contributed by atoms with E-state index in [0.717, 1.165) is 38.0 Å². The monoisotopic (exact) mass is 249 g/mol. The molecule has 0 unspecified atom stereocenters. The van der Waals surface area contributed by atoms with Crippen LogP contribution in [0.15, 0.2) is 24.3 Å². The van der Waals surface area contributed by atoms with Crippen LogP contribution in [-0.2, 0) is 11.3 Å². The molecule has 18 heavy (non-hydrogen) atoms. The van der Waals surface area contributed by atoms with Gasteiger partial charge in [-0.3, -0.25) is 0 Å². The predicted molar refractivity (Wildman–Crippen MR) is 72.9 cm³/mol. The number of hydrogen-bond donors (Lipinski definition) is 1. The molecule has 1 N–H and O–H groups in total. The fourth-order valence-electron chi connectivity index (χ4n) is 1.93. The molecule has 0 amide bonds. The van der Waals surface area contributed by atoms with Crippen LogP contribution in [0.3, 0.4) is 0 Å². The molecule has 1 aromatic carbocycles. The van der Waals surface area contributed by atoms with E-state index in [2.05, 4.69) is 23.5 Å². The van der Waals surface area contributed by atoms with E-state index in [1.165, 1.54) is 24.8 Å². The number of hydrogen-bond acceptors (Lipinski definition) is 3. The van der Waals surface area contributed by atoms with E-state index >= 15 is 0 Å². The largest absolute Gasteiger partial charge is 0.493 e. The highest BCUT2D eigenvalue weighted by atomic mass is 16.5. The van der Waals surface area contributed by atoms with Gasteiger partial charge in [0.15, 0.2) is 0 Å². The van der Waals surface area contributed by atoms with Crippen molar-refractivity contribution in [3.8, 4) is 5.75 Å². The molecule has 0 heterocycles. The lowest BCUT2D eigenvalue weighted by molar-refractivity contribution is 0.199. The van der Waals surface area contributed by atoms with Crippen LogP contribution in [0.4, 0.5) is 0 Å². The zero-order valence-corrected chi connectivity index (χ0v) is 11.2. The minimum atomic E-state index is 0.741. The number of ether oxygens (including phenoxy) is 2. The molecule has 1 saturated carbocycles. The van der Waals surface area contributed by atoms with Gasteiger partial charge >= 0.3 is 0 Å². The van der Waals surface area contributed by atoms with Crippen LogP contribution < -0.4 is 10.1 Å². The van der Waals surface area contributed by atoms with Crippen LogP contribution >= 0.6 is 0 Å². The first-order chi connectivity index (χ1) is 8.90. The van der Waals surface area contributed by atoms with Gasteiger partial charge in [-0.15, -0.1) is 0 Å². The van der Waals surface area contributed by atoms with Crippen molar-refractivity contribution in [2.24, 2.45) is 5.92 Å². The van der Waals surface area contributed by atoms with Crippen LogP contribution in [0, 0.1) is 5.92 Å². The summed E-state index contributed by atoms with van der Waals surface area (Å²) < 4.78 is 10.9. The summed E-state index contributed by atoms with van der Waals surface area (Å²) in [5.74, 6) is 1.94. The Hall–Kier alpha value is -1.06. The van der Waals surface area contributed by atoms with Gasteiger partial charge in [0.25, 0.3) is 0 Å². The number of para-hydroxylation sites is 1. The maximum Gasteiger partial charge on any atom is 0.123 e. The van der Waals surface area contributed by atoms with Crippen molar-refractivity contribution in [2.45, 2.75) is 25.8 Å². The summed E-state index contributed by atoms with van der Waals surface area (Å²) in [5, 5.41) is 3.35. The first kappa shape index (κ1) is 13.4. The molecule has 0 spiro atoms. The summed E-state index contributed by atoms with van der Waals surface area (Å²) in [6.07, 6.45) is 3.98. The minimum absolute atomic E-state index is 0.741. The molecule has 3 nitrogen and oxygen atoms in total. The Bertz CT molecular complexity index is 350. The Morgan fingerprint density at radius 1 is 1.22 bits per heavy atom. The first-order valence-corrected chi connectivity index (χ1v) is 6.80. The van der Waals surface area contributed by atoms with Gasteiger partial charge in [0.1, 0.15) is 5.75 Å². The van der Waals surface area contributed by atoms with E-state index in [9.17, 15) is 0 Å². The highest BCUT2D eigenvalue weighted by molar-refractivity contribution is 5.33. The Kier molecular flexibility index (Phi) is 5.49. The van der Waals surface area contributed by atoms with Crippen LogP contribution in [0.25, 0.3) is 0 Å². The van der Waals surface area contributed by atoms with Crippen LogP contribution in [0.5, 0.6) is 5.75 Å². The molecular weight excluding hydrogens is 226 g/mol. The molecule has 0 aliphatic heterocycles. The summed E-state index contributed by atoms with van der Waals surface area (Å²) in [7, 11) is 1.72. The van der Waals surface area contributed by atoms with Crippen LogP contribution in [-0.4, -0.2) is 26.9 Å². The van der Waals surface area contributed by atoms with Gasteiger partial charge in [-0.1, -0.05) is 31.0 Å². The zero-order valence-electron chi connectivity index (χ0n) is 11.2. The molecule has 1 aliphatic rings. The molecule has 2 rings (SSSR count). The van der Waals surface area contributed by atoms with Gasteiger partial charge < -0.3 is 14.8 Å². The van der Waals surface area contributed by atoms with E-state index in [0.29, 0.717) is 0 Å². The highest BCUT2D eigenvalue weighted by Gasteiger charge is 2.20. The maximum absolute atomic E-state index is 5.87. The van der Waals surface area contributed by atoms with Gasteiger partial charge in [0, 0.05) is 25.8 Å². The van der Waals surface area contributed by atoms with E-state index in [1.807, 2.05) is 6.07 Å². The lowest BCUT2D eigenvalue weighted by Crippen LogP contribution is -2.19. The van der Waals surface area contributed by atoms with Crippen molar-refractivity contribution >= 4 is 0 Å². The highest BCUT2D eigenvalue weighted by Crippen LogP contribution is 2.32. The number of methoxy groups -OCH3 is 1. The molecule has 0 saturated heterocycles. The first-order valence-electron chi connectivity index (χ1n) is 6.80. The Morgan fingerprint density at radius 3 is 2.83 bits per heavy atom. The van der Waals surface area contributed by atoms with Crippen molar-refractivity contribution < 1.29 is 9.47 Å². The Labute approximate surface area is 109 Å². The van der Waals surface area contributed by atoms with Crippen molar-refractivity contribution in [3.05, 3.63) is 29.8 Å². The van der Waals surface area contributed by atoms with Gasteiger partial charge in [0.05, 0.1) is 13.2 Å². The van der Waals surface area contributed by atoms with E-state index in [-0.39, 0.29) is 0 Å². The maximum atomic E-state index is 5.87. The standard InChI is InChI=1S/C15H23NO2/c1-17-11-9-16-12-14-4-2-3-5-15(14)18-10-8-13-6-7-13/h2-5,13,16H,6-12H2,1H3. The van der Waals surface area contributed by atoms with E-state index < -0.39 is 0 Å². The summed E-state index contributed by atoms with van der Waals surface area (Å²) in [4.78, 5) is 0. The number of rotatable bonds is 9. The zero-order chi connectivity index (χ0) is 12.6. The van der Waals surface area contributed by atoms with E-state index in [4.69, 9.17) is 9.47 Å². The average molecular weight is 249 g/mol. The molecule has 0 aromatic heterocycles. The smallest absolute Gasteiger partial charge is 0.123 e. The molecule has 0 radical (unpaired) electrons. The normalized spacial score (nSPS) is 14.7.